The summed E-state index contributed by atoms with van der Waals surface area (Å²) in [4.78, 5) is 21.3. The summed E-state index contributed by atoms with van der Waals surface area (Å²) in [5.74, 6) is 1.74. The Morgan fingerprint density at radius 1 is 1.08 bits per heavy atom. The highest BCUT2D eigenvalue weighted by Crippen LogP contribution is 2.13. The maximum absolute atomic E-state index is 12.5. The van der Waals surface area contributed by atoms with E-state index >= 15 is 0 Å². The fourth-order valence-corrected chi connectivity index (χ4v) is 3.20. The standard InChI is InChI=1S/C19H26N4O/c1-16(2)18-20-8-9-22(18)13-10-21-11-14-23(15-12-21)19(24)17-6-4-3-5-7-17/h3-9,16H,10-15H2,1-2H3. The highest BCUT2D eigenvalue weighted by atomic mass is 16.2. The summed E-state index contributed by atoms with van der Waals surface area (Å²) in [6.07, 6.45) is 3.94. The molecule has 0 spiro atoms. The molecule has 1 aromatic heterocycles. The Balaban J connectivity index is 1.49. The largest absolute Gasteiger partial charge is 0.336 e. The summed E-state index contributed by atoms with van der Waals surface area (Å²) < 4.78 is 2.24. The minimum atomic E-state index is 0.145. The average molecular weight is 326 g/mol. The van der Waals surface area contributed by atoms with E-state index in [9.17, 15) is 4.79 Å². The Morgan fingerprint density at radius 3 is 2.46 bits per heavy atom. The van der Waals surface area contributed by atoms with Crippen LogP contribution in [0.3, 0.4) is 0 Å². The summed E-state index contributed by atoms with van der Waals surface area (Å²) in [6, 6.07) is 9.56. The number of aromatic nitrogens is 2. The fourth-order valence-electron chi connectivity index (χ4n) is 3.20. The molecule has 5 nitrogen and oxygen atoms in total. The van der Waals surface area contributed by atoms with Crippen molar-refractivity contribution >= 4 is 5.91 Å². The molecule has 1 aromatic carbocycles. The van der Waals surface area contributed by atoms with Crippen molar-refractivity contribution in [3.8, 4) is 0 Å². The minimum absolute atomic E-state index is 0.145. The number of carbonyl (C=O) groups is 1. The van der Waals surface area contributed by atoms with Gasteiger partial charge in [0.05, 0.1) is 0 Å². The predicted octanol–water partition coefficient (Wildman–Crippen LogP) is 2.46. The Morgan fingerprint density at radius 2 is 1.79 bits per heavy atom. The van der Waals surface area contributed by atoms with E-state index < -0.39 is 0 Å². The van der Waals surface area contributed by atoms with Crippen LogP contribution in [-0.2, 0) is 6.54 Å². The van der Waals surface area contributed by atoms with Crippen LogP contribution in [0.2, 0.25) is 0 Å². The maximum atomic E-state index is 12.5. The Hall–Kier alpha value is -2.14. The molecule has 2 heterocycles. The van der Waals surface area contributed by atoms with E-state index in [1.165, 1.54) is 0 Å². The van der Waals surface area contributed by atoms with Gasteiger partial charge < -0.3 is 9.47 Å². The molecule has 24 heavy (non-hydrogen) atoms. The van der Waals surface area contributed by atoms with Crippen molar-refractivity contribution in [2.24, 2.45) is 0 Å². The number of carbonyl (C=O) groups excluding carboxylic acids is 1. The molecule has 1 fully saturated rings. The molecule has 0 bridgehead atoms. The Bertz CT molecular complexity index is 657. The van der Waals surface area contributed by atoms with Crippen LogP contribution >= 0.6 is 0 Å². The van der Waals surface area contributed by atoms with Gasteiger partial charge in [-0.25, -0.2) is 4.98 Å². The molecule has 0 atom stereocenters. The lowest BCUT2D eigenvalue weighted by Gasteiger charge is -2.35. The lowest BCUT2D eigenvalue weighted by Crippen LogP contribution is -2.49. The van der Waals surface area contributed by atoms with Crippen molar-refractivity contribution < 1.29 is 4.79 Å². The van der Waals surface area contributed by atoms with Gasteiger partial charge in [0.25, 0.3) is 5.91 Å². The molecular formula is C19H26N4O. The number of hydrogen-bond donors (Lipinski definition) is 0. The van der Waals surface area contributed by atoms with Gasteiger partial charge in [-0.15, -0.1) is 0 Å². The maximum Gasteiger partial charge on any atom is 0.253 e. The number of benzene rings is 1. The third-order valence-electron chi connectivity index (χ3n) is 4.60. The molecule has 0 aliphatic carbocycles. The smallest absolute Gasteiger partial charge is 0.253 e. The van der Waals surface area contributed by atoms with Gasteiger partial charge in [0.2, 0.25) is 0 Å². The zero-order valence-corrected chi connectivity index (χ0v) is 14.6. The molecule has 1 aliphatic heterocycles. The van der Waals surface area contributed by atoms with Crippen LogP contribution in [-0.4, -0.2) is 58.0 Å². The summed E-state index contributed by atoms with van der Waals surface area (Å²) in [5, 5.41) is 0. The van der Waals surface area contributed by atoms with E-state index in [2.05, 4.69) is 34.5 Å². The first-order chi connectivity index (χ1) is 11.6. The first-order valence-electron chi connectivity index (χ1n) is 8.73. The van der Waals surface area contributed by atoms with Gasteiger partial charge in [0, 0.05) is 63.1 Å². The molecule has 1 aliphatic rings. The number of rotatable bonds is 5. The lowest BCUT2D eigenvalue weighted by molar-refractivity contribution is 0.0633. The number of nitrogens with zero attached hydrogens (tertiary/aromatic N) is 4. The summed E-state index contributed by atoms with van der Waals surface area (Å²) in [7, 11) is 0. The molecule has 2 aromatic rings. The fraction of sp³-hybridized carbons (Fsp3) is 0.474. The number of hydrogen-bond acceptors (Lipinski definition) is 3. The zero-order valence-electron chi connectivity index (χ0n) is 14.6. The van der Waals surface area contributed by atoms with Crippen molar-refractivity contribution in [1.82, 2.24) is 19.4 Å². The van der Waals surface area contributed by atoms with Crippen LogP contribution in [0.4, 0.5) is 0 Å². The second kappa shape index (κ2) is 7.62. The van der Waals surface area contributed by atoms with E-state index in [-0.39, 0.29) is 5.91 Å². The minimum Gasteiger partial charge on any atom is -0.336 e. The van der Waals surface area contributed by atoms with Crippen LogP contribution in [0.1, 0.15) is 35.9 Å². The quantitative estimate of drug-likeness (QED) is 0.847. The van der Waals surface area contributed by atoms with E-state index in [1.807, 2.05) is 41.4 Å². The third kappa shape index (κ3) is 3.85. The molecule has 0 radical (unpaired) electrons. The number of imidazole rings is 1. The normalized spacial score (nSPS) is 15.9. The van der Waals surface area contributed by atoms with Gasteiger partial charge in [-0.05, 0) is 12.1 Å². The van der Waals surface area contributed by atoms with Gasteiger partial charge in [-0.3, -0.25) is 9.69 Å². The van der Waals surface area contributed by atoms with Crippen LogP contribution in [0.5, 0.6) is 0 Å². The van der Waals surface area contributed by atoms with Crippen molar-refractivity contribution in [2.45, 2.75) is 26.3 Å². The molecule has 0 unspecified atom stereocenters. The zero-order chi connectivity index (χ0) is 16.9. The molecule has 128 valence electrons. The van der Waals surface area contributed by atoms with Crippen molar-refractivity contribution in [3.63, 3.8) is 0 Å². The van der Waals surface area contributed by atoms with Crippen molar-refractivity contribution in [1.29, 1.82) is 0 Å². The Kier molecular flexibility index (Phi) is 5.30. The summed E-state index contributed by atoms with van der Waals surface area (Å²) in [6.45, 7) is 9.78. The van der Waals surface area contributed by atoms with Gasteiger partial charge in [0.15, 0.2) is 0 Å². The predicted molar refractivity (Wildman–Crippen MR) is 95.1 cm³/mol. The molecule has 5 heteroatoms. The molecule has 1 saturated heterocycles. The molecule has 1 amide bonds. The lowest BCUT2D eigenvalue weighted by atomic mass is 10.2. The van der Waals surface area contributed by atoms with E-state index in [1.54, 1.807) is 0 Å². The monoisotopic (exact) mass is 326 g/mol. The van der Waals surface area contributed by atoms with Crippen molar-refractivity contribution in [3.05, 3.63) is 54.1 Å². The van der Waals surface area contributed by atoms with Gasteiger partial charge in [-0.1, -0.05) is 32.0 Å². The van der Waals surface area contributed by atoms with Gasteiger partial charge in [-0.2, -0.15) is 0 Å². The summed E-state index contributed by atoms with van der Waals surface area (Å²) in [5.41, 5.74) is 0.783. The van der Waals surface area contributed by atoms with E-state index in [0.717, 1.165) is 50.7 Å². The van der Waals surface area contributed by atoms with Crippen molar-refractivity contribution in [2.75, 3.05) is 32.7 Å². The van der Waals surface area contributed by atoms with Crippen LogP contribution < -0.4 is 0 Å². The Labute approximate surface area is 143 Å². The van der Waals surface area contributed by atoms with Gasteiger partial charge in [0.1, 0.15) is 5.82 Å². The van der Waals surface area contributed by atoms with E-state index in [4.69, 9.17) is 0 Å². The highest BCUT2D eigenvalue weighted by Gasteiger charge is 2.22. The number of amides is 1. The SMILES string of the molecule is CC(C)c1nccn1CCN1CCN(C(=O)c2ccccc2)CC1. The number of piperazine rings is 1. The summed E-state index contributed by atoms with van der Waals surface area (Å²) >= 11 is 0. The van der Waals surface area contributed by atoms with Crippen LogP contribution in [0.15, 0.2) is 42.7 Å². The van der Waals surface area contributed by atoms with Crippen LogP contribution in [0.25, 0.3) is 0 Å². The van der Waals surface area contributed by atoms with Crippen LogP contribution in [0, 0.1) is 0 Å². The topological polar surface area (TPSA) is 41.4 Å². The second-order valence-corrected chi connectivity index (χ2v) is 6.63. The van der Waals surface area contributed by atoms with E-state index in [0.29, 0.717) is 5.92 Å². The molecule has 0 N–H and O–H groups in total. The second-order valence-electron chi connectivity index (χ2n) is 6.63. The first-order valence-corrected chi connectivity index (χ1v) is 8.73. The third-order valence-corrected chi connectivity index (χ3v) is 4.60. The molecular weight excluding hydrogens is 300 g/mol. The van der Waals surface area contributed by atoms with Gasteiger partial charge >= 0.3 is 0 Å². The first kappa shape index (κ1) is 16.7. The molecule has 0 saturated carbocycles. The average Bonchev–Trinajstić information content (AvgIpc) is 3.09. The molecule has 3 rings (SSSR count). The highest BCUT2D eigenvalue weighted by molar-refractivity contribution is 5.94.